The molecular formula is C16H13BrN2O2. The van der Waals surface area contributed by atoms with Crippen LogP contribution in [-0.2, 0) is 0 Å². The number of nitrogens with zero attached hydrogens (tertiary/aromatic N) is 1. The molecule has 4 nitrogen and oxygen atoms in total. The summed E-state index contributed by atoms with van der Waals surface area (Å²) in [6.45, 7) is 3.55. The minimum absolute atomic E-state index is 0.166. The smallest absolute Gasteiger partial charge is 0.256 e. The fourth-order valence-corrected chi connectivity index (χ4v) is 2.34. The van der Waals surface area contributed by atoms with Gasteiger partial charge >= 0.3 is 0 Å². The molecule has 0 atom stereocenters. The molecule has 0 bridgehead atoms. The van der Waals surface area contributed by atoms with E-state index in [1.807, 2.05) is 19.1 Å². The van der Waals surface area contributed by atoms with Crippen LogP contribution in [0.4, 0.5) is 5.69 Å². The van der Waals surface area contributed by atoms with Gasteiger partial charge in [-0.05, 0) is 43.2 Å². The lowest BCUT2D eigenvalue weighted by Gasteiger charge is -2.11. The highest BCUT2D eigenvalue weighted by molar-refractivity contribution is 9.10. The maximum Gasteiger partial charge on any atom is 0.256 e. The lowest BCUT2D eigenvalue weighted by molar-refractivity contribution is 0.102. The third kappa shape index (κ3) is 2.91. The number of nitriles is 1. The fraction of sp³-hybridized carbons (Fsp3) is 0.125. The molecule has 0 aliphatic rings. The van der Waals surface area contributed by atoms with Crippen molar-refractivity contribution >= 4 is 27.5 Å². The molecule has 0 radical (unpaired) electrons. The summed E-state index contributed by atoms with van der Waals surface area (Å²) >= 11 is 3.37. The number of benzene rings is 2. The normalized spacial score (nSPS) is 10.0. The number of rotatable bonds is 2. The van der Waals surface area contributed by atoms with Crippen molar-refractivity contribution in [2.45, 2.75) is 13.8 Å². The van der Waals surface area contributed by atoms with E-state index in [1.54, 1.807) is 31.2 Å². The molecule has 0 saturated carbocycles. The topological polar surface area (TPSA) is 73.1 Å². The Morgan fingerprint density at radius 1 is 1.29 bits per heavy atom. The second kappa shape index (κ2) is 5.98. The molecule has 0 aromatic heterocycles. The molecule has 2 rings (SSSR count). The third-order valence-electron chi connectivity index (χ3n) is 3.26. The van der Waals surface area contributed by atoms with E-state index in [-0.39, 0.29) is 22.9 Å². The van der Waals surface area contributed by atoms with Crippen molar-refractivity contribution in [1.82, 2.24) is 0 Å². The maximum atomic E-state index is 12.3. The van der Waals surface area contributed by atoms with Crippen LogP contribution < -0.4 is 5.32 Å². The van der Waals surface area contributed by atoms with E-state index in [0.29, 0.717) is 11.1 Å². The molecular weight excluding hydrogens is 332 g/mol. The Labute approximate surface area is 131 Å². The van der Waals surface area contributed by atoms with Crippen LogP contribution >= 0.6 is 15.9 Å². The Bertz CT molecular complexity index is 764. The Balaban J connectivity index is 2.37. The second-order valence-corrected chi connectivity index (χ2v) is 5.49. The SMILES string of the molecule is Cc1ccc(NC(=O)c2cccc(Br)c2C)c(O)c1C#N. The van der Waals surface area contributed by atoms with E-state index in [1.165, 1.54) is 0 Å². The highest BCUT2D eigenvalue weighted by Gasteiger charge is 2.15. The number of aromatic hydroxyl groups is 1. The largest absolute Gasteiger partial charge is 0.504 e. The zero-order chi connectivity index (χ0) is 15.6. The van der Waals surface area contributed by atoms with Gasteiger partial charge in [-0.15, -0.1) is 0 Å². The standard InChI is InChI=1S/C16H13BrN2O2/c1-9-6-7-14(15(20)12(9)8-18)19-16(21)11-4-3-5-13(17)10(11)2/h3-7,20H,1-2H3,(H,19,21). The molecule has 0 spiro atoms. The number of carbonyl (C=O) groups excluding carboxylic acids is 1. The Kier molecular flexibility index (Phi) is 4.29. The predicted molar refractivity (Wildman–Crippen MR) is 84.4 cm³/mol. The molecule has 0 heterocycles. The van der Waals surface area contributed by atoms with Crippen LogP contribution in [0.5, 0.6) is 5.75 Å². The van der Waals surface area contributed by atoms with Gasteiger partial charge in [0.2, 0.25) is 0 Å². The summed E-state index contributed by atoms with van der Waals surface area (Å²) in [7, 11) is 0. The molecule has 0 saturated heterocycles. The van der Waals surface area contributed by atoms with Gasteiger partial charge in [0.05, 0.1) is 11.3 Å². The van der Waals surface area contributed by atoms with E-state index in [9.17, 15) is 9.90 Å². The number of amides is 1. The molecule has 1 amide bonds. The number of hydrogen-bond donors (Lipinski definition) is 2. The summed E-state index contributed by atoms with van der Waals surface area (Å²) in [5.74, 6) is -0.546. The van der Waals surface area contributed by atoms with Crippen molar-refractivity contribution in [2.75, 3.05) is 5.32 Å². The zero-order valence-corrected chi connectivity index (χ0v) is 13.2. The summed E-state index contributed by atoms with van der Waals surface area (Å²) in [6, 6.07) is 10.5. The van der Waals surface area contributed by atoms with Crippen LogP contribution in [0, 0.1) is 25.2 Å². The van der Waals surface area contributed by atoms with Gasteiger partial charge in [0.25, 0.3) is 5.91 Å². The van der Waals surface area contributed by atoms with Crippen LogP contribution in [-0.4, -0.2) is 11.0 Å². The highest BCUT2D eigenvalue weighted by atomic mass is 79.9. The predicted octanol–water partition coefficient (Wildman–Crippen LogP) is 3.90. The van der Waals surface area contributed by atoms with Crippen LogP contribution in [0.25, 0.3) is 0 Å². The Hall–Kier alpha value is -2.32. The molecule has 5 heteroatoms. The molecule has 2 N–H and O–H groups in total. The first-order valence-corrected chi connectivity index (χ1v) is 7.04. The first kappa shape index (κ1) is 15.1. The minimum atomic E-state index is -0.336. The number of hydrogen-bond acceptors (Lipinski definition) is 3. The molecule has 106 valence electrons. The molecule has 0 fully saturated rings. The number of phenolic OH excluding ortho intramolecular Hbond substituents is 1. The van der Waals surface area contributed by atoms with Crippen molar-refractivity contribution < 1.29 is 9.90 Å². The molecule has 2 aromatic carbocycles. The summed E-state index contributed by atoms with van der Waals surface area (Å²) in [5.41, 5.74) is 2.36. The number of halogens is 1. The van der Waals surface area contributed by atoms with E-state index < -0.39 is 0 Å². The molecule has 0 aliphatic carbocycles. The van der Waals surface area contributed by atoms with Gasteiger partial charge in [-0.2, -0.15) is 5.26 Å². The Morgan fingerprint density at radius 3 is 2.67 bits per heavy atom. The zero-order valence-electron chi connectivity index (χ0n) is 11.6. The number of anilines is 1. The van der Waals surface area contributed by atoms with E-state index in [2.05, 4.69) is 21.2 Å². The summed E-state index contributed by atoms with van der Waals surface area (Å²) in [5, 5.41) is 21.7. The summed E-state index contributed by atoms with van der Waals surface area (Å²) in [6.07, 6.45) is 0. The average molecular weight is 345 g/mol. The van der Waals surface area contributed by atoms with Crippen molar-refractivity contribution in [1.29, 1.82) is 5.26 Å². The molecule has 2 aromatic rings. The quantitative estimate of drug-likeness (QED) is 0.811. The maximum absolute atomic E-state index is 12.3. The molecule has 21 heavy (non-hydrogen) atoms. The van der Waals surface area contributed by atoms with Gasteiger partial charge < -0.3 is 10.4 Å². The van der Waals surface area contributed by atoms with Gasteiger partial charge in [-0.1, -0.05) is 28.1 Å². The fourth-order valence-electron chi connectivity index (χ4n) is 1.98. The summed E-state index contributed by atoms with van der Waals surface area (Å²) in [4.78, 5) is 12.3. The van der Waals surface area contributed by atoms with Crippen molar-refractivity contribution in [3.05, 3.63) is 57.1 Å². The first-order chi connectivity index (χ1) is 9.95. The van der Waals surface area contributed by atoms with Crippen molar-refractivity contribution in [3.63, 3.8) is 0 Å². The molecule has 0 aliphatic heterocycles. The minimum Gasteiger partial charge on any atom is -0.504 e. The van der Waals surface area contributed by atoms with Gasteiger partial charge in [-0.3, -0.25) is 4.79 Å². The number of phenols is 1. The van der Waals surface area contributed by atoms with Gasteiger partial charge in [0.15, 0.2) is 5.75 Å². The van der Waals surface area contributed by atoms with Gasteiger partial charge in [0.1, 0.15) is 6.07 Å². The Morgan fingerprint density at radius 2 is 2.00 bits per heavy atom. The third-order valence-corrected chi connectivity index (χ3v) is 4.12. The van der Waals surface area contributed by atoms with E-state index in [4.69, 9.17) is 5.26 Å². The van der Waals surface area contributed by atoms with Crippen LogP contribution in [0.15, 0.2) is 34.8 Å². The van der Waals surface area contributed by atoms with Crippen molar-refractivity contribution in [2.24, 2.45) is 0 Å². The lowest BCUT2D eigenvalue weighted by Crippen LogP contribution is -2.14. The second-order valence-electron chi connectivity index (χ2n) is 4.63. The number of nitrogens with one attached hydrogen (secondary N) is 1. The van der Waals surface area contributed by atoms with Crippen LogP contribution in [0.3, 0.4) is 0 Å². The lowest BCUT2D eigenvalue weighted by atomic mass is 10.1. The first-order valence-electron chi connectivity index (χ1n) is 6.25. The highest BCUT2D eigenvalue weighted by Crippen LogP contribution is 2.30. The number of aryl methyl sites for hydroxylation is 1. The monoisotopic (exact) mass is 344 g/mol. The van der Waals surface area contributed by atoms with Gasteiger partial charge in [0, 0.05) is 10.0 Å². The number of carbonyl (C=O) groups is 1. The van der Waals surface area contributed by atoms with Crippen LogP contribution in [0.1, 0.15) is 27.0 Å². The van der Waals surface area contributed by atoms with Crippen molar-refractivity contribution in [3.8, 4) is 11.8 Å². The molecule has 0 unspecified atom stereocenters. The van der Waals surface area contributed by atoms with E-state index in [0.717, 1.165) is 10.0 Å². The average Bonchev–Trinajstić information content (AvgIpc) is 2.45. The van der Waals surface area contributed by atoms with E-state index >= 15 is 0 Å². The van der Waals surface area contributed by atoms with Crippen LogP contribution in [0.2, 0.25) is 0 Å². The van der Waals surface area contributed by atoms with Gasteiger partial charge in [-0.25, -0.2) is 0 Å². The summed E-state index contributed by atoms with van der Waals surface area (Å²) < 4.78 is 0.834.